The zero-order valence-electron chi connectivity index (χ0n) is 8.71. The third kappa shape index (κ3) is 1.83. The van der Waals surface area contributed by atoms with Crippen molar-refractivity contribution in [3.8, 4) is 0 Å². The highest BCUT2D eigenvalue weighted by Gasteiger charge is 2.46. The Labute approximate surface area is 82.5 Å². The highest BCUT2D eigenvalue weighted by atomic mass is 28.3. The van der Waals surface area contributed by atoms with Crippen LogP contribution in [-0.2, 0) is 8.85 Å². The third-order valence-corrected chi connectivity index (χ3v) is 6.26. The maximum Gasteiger partial charge on any atom is 0.321 e. The minimum atomic E-state index is -1.30. The fourth-order valence-electron chi connectivity index (χ4n) is 3.21. The fourth-order valence-corrected chi connectivity index (χ4v) is 5.02. The van der Waals surface area contributed by atoms with Crippen molar-refractivity contribution in [2.45, 2.75) is 38.1 Å². The molecule has 0 aromatic carbocycles. The lowest BCUT2D eigenvalue weighted by atomic mass is 9.86. The molecule has 2 nitrogen and oxygen atoms in total. The summed E-state index contributed by atoms with van der Waals surface area (Å²) in [6.07, 6.45) is 7.27. The van der Waals surface area contributed by atoms with Crippen molar-refractivity contribution in [3.63, 3.8) is 0 Å². The van der Waals surface area contributed by atoms with Gasteiger partial charge in [-0.2, -0.15) is 0 Å². The maximum absolute atomic E-state index is 5.42. The van der Waals surface area contributed by atoms with Crippen molar-refractivity contribution in [1.82, 2.24) is 0 Å². The first-order chi connectivity index (χ1) is 6.28. The van der Waals surface area contributed by atoms with Crippen LogP contribution in [0.4, 0.5) is 0 Å². The van der Waals surface area contributed by atoms with Crippen LogP contribution < -0.4 is 0 Å². The molecule has 0 aromatic rings. The summed E-state index contributed by atoms with van der Waals surface area (Å²) in [6.45, 7) is 0. The largest absolute Gasteiger partial charge is 0.400 e. The number of hydrogen-bond acceptors (Lipinski definition) is 2. The summed E-state index contributed by atoms with van der Waals surface area (Å²) >= 11 is 0. The fraction of sp³-hybridized carbons (Fsp3) is 1.00. The van der Waals surface area contributed by atoms with Gasteiger partial charge in [0.05, 0.1) is 0 Å². The zero-order chi connectivity index (χ0) is 9.31. The SMILES string of the molecule is CO[SiH](CC12CCC(CC1)C2)OC. The first-order valence-electron chi connectivity index (χ1n) is 5.34. The first kappa shape index (κ1) is 9.68. The third-order valence-electron chi connectivity index (χ3n) is 4.01. The molecule has 0 aromatic heterocycles. The molecule has 0 N–H and O–H groups in total. The van der Waals surface area contributed by atoms with E-state index in [2.05, 4.69) is 0 Å². The molecule has 0 saturated heterocycles. The molecule has 0 aliphatic heterocycles. The second-order valence-electron chi connectivity index (χ2n) is 4.75. The van der Waals surface area contributed by atoms with Crippen LogP contribution in [0.5, 0.6) is 0 Å². The molecule has 2 aliphatic rings. The Morgan fingerprint density at radius 2 is 1.85 bits per heavy atom. The Balaban J connectivity index is 1.92. The Kier molecular flexibility index (Phi) is 2.77. The summed E-state index contributed by atoms with van der Waals surface area (Å²) in [5, 5.41) is 0. The van der Waals surface area contributed by atoms with E-state index in [1.807, 2.05) is 0 Å². The molecule has 2 rings (SSSR count). The predicted molar refractivity (Wildman–Crippen MR) is 55.0 cm³/mol. The minimum absolute atomic E-state index is 0.646. The number of rotatable bonds is 4. The Morgan fingerprint density at radius 1 is 1.23 bits per heavy atom. The molecule has 0 radical (unpaired) electrons. The van der Waals surface area contributed by atoms with Crippen LogP contribution in [0.3, 0.4) is 0 Å². The van der Waals surface area contributed by atoms with Crippen molar-refractivity contribution < 1.29 is 8.85 Å². The van der Waals surface area contributed by atoms with Gasteiger partial charge in [0.25, 0.3) is 0 Å². The molecule has 0 spiro atoms. The lowest BCUT2D eigenvalue weighted by Gasteiger charge is -2.28. The molecule has 76 valence electrons. The Hall–Kier alpha value is 0.137. The molecule has 0 amide bonds. The van der Waals surface area contributed by atoms with Crippen LogP contribution in [0.1, 0.15) is 32.1 Å². The van der Waals surface area contributed by atoms with Gasteiger partial charge in [0.1, 0.15) is 0 Å². The molecular formula is C10H20O2Si. The van der Waals surface area contributed by atoms with Gasteiger partial charge in [0, 0.05) is 14.2 Å². The van der Waals surface area contributed by atoms with Crippen molar-refractivity contribution in [2.24, 2.45) is 11.3 Å². The van der Waals surface area contributed by atoms with Gasteiger partial charge < -0.3 is 8.85 Å². The summed E-state index contributed by atoms with van der Waals surface area (Å²) in [5.74, 6) is 1.04. The number of fused-ring (bicyclic) bond motifs is 2. The molecule has 13 heavy (non-hydrogen) atoms. The Bertz CT molecular complexity index is 172. The molecule has 0 unspecified atom stereocenters. The van der Waals surface area contributed by atoms with E-state index in [1.165, 1.54) is 38.1 Å². The number of hydrogen-bond donors (Lipinski definition) is 0. The van der Waals surface area contributed by atoms with Crippen molar-refractivity contribution >= 4 is 9.28 Å². The average molecular weight is 200 g/mol. The summed E-state index contributed by atoms with van der Waals surface area (Å²) in [7, 11) is 2.30. The van der Waals surface area contributed by atoms with Crippen molar-refractivity contribution in [2.75, 3.05) is 14.2 Å². The zero-order valence-corrected chi connectivity index (χ0v) is 9.87. The van der Waals surface area contributed by atoms with Gasteiger partial charge >= 0.3 is 9.28 Å². The smallest absolute Gasteiger partial charge is 0.321 e. The molecule has 0 heterocycles. The van der Waals surface area contributed by atoms with Crippen LogP contribution in [0, 0.1) is 11.3 Å². The quantitative estimate of drug-likeness (QED) is 0.647. The van der Waals surface area contributed by atoms with Gasteiger partial charge in [0.2, 0.25) is 0 Å². The van der Waals surface area contributed by atoms with E-state index in [9.17, 15) is 0 Å². The summed E-state index contributed by atoms with van der Waals surface area (Å²) in [6, 6.07) is 1.25. The lowest BCUT2D eigenvalue weighted by molar-refractivity contribution is 0.238. The van der Waals surface area contributed by atoms with Gasteiger partial charge in [-0.1, -0.05) is 0 Å². The lowest BCUT2D eigenvalue weighted by Crippen LogP contribution is -2.28. The van der Waals surface area contributed by atoms with Crippen LogP contribution >= 0.6 is 0 Å². The summed E-state index contributed by atoms with van der Waals surface area (Å²) in [5.41, 5.74) is 0.646. The molecule has 2 saturated carbocycles. The monoisotopic (exact) mass is 200 g/mol. The Morgan fingerprint density at radius 3 is 2.23 bits per heavy atom. The van der Waals surface area contributed by atoms with Crippen LogP contribution in [-0.4, -0.2) is 23.5 Å². The van der Waals surface area contributed by atoms with Gasteiger partial charge in [0.15, 0.2) is 0 Å². The van der Waals surface area contributed by atoms with Gasteiger partial charge in [-0.05, 0) is 49.5 Å². The van der Waals surface area contributed by atoms with E-state index in [0.717, 1.165) is 5.92 Å². The second kappa shape index (κ2) is 3.71. The molecular weight excluding hydrogens is 180 g/mol. The molecule has 3 heteroatoms. The minimum Gasteiger partial charge on any atom is -0.400 e. The second-order valence-corrected chi connectivity index (χ2v) is 6.96. The van der Waals surface area contributed by atoms with E-state index >= 15 is 0 Å². The molecule has 0 atom stereocenters. The average Bonchev–Trinajstić information content (AvgIpc) is 2.74. The highest BCUT2D eigenvalue weighted by Crippen LogP contribution is 2.56. The van der Waals surface area contributed by atoms with Gasteiger partial charge in [-0.3, -0.25) is 0 Å². The van der Waals surface area contributed by atoms with Gasteiger partial charge in [-0.15, -0.1) is 0 Å². The van der Waals surface area contributed by atoms with Gasteiger partial charge in [-0.25, -0.2) is 0 Å². The van der Waals surface area contributed by atoms with E-state index in [1.54, 1.807) is 14.2 Å². The maximum atomic E-state index is 5.42. The first-order valence-corrected chi connectivity index (χ1v) is 7.09. The van der Waals surface area contributed by atoms with Crippen LogP contribution in [0.2, 0.25) is 6.04 Å². The van der Waals surface area contributed by atoms with Crippen LogP contribution in [0.15, 0.2) is 0 Å². The van der Waals surface area contributed by atoms with Crippen molar-refractivity contribution in [3.05, 3.63) is 0 Å². The van der Waals surface area contributed by atoms with E-state index in [4.69, 9.17) is 8.85 Å². The van der Waals surface area contributed by atoms with E-state index in [-0.39, 0.29) is 0 Å². The van der Waals surface area contributed by atoms with E-state index in [0.29, 0.717) is 5.41 Å². The van der Waals surface area contributed by atoms with E-state index < -0.39 is 9.28 Å². The molecule has 2 aliphatic carbocycles. The van der Waals surface area contributed by atoms with Crippen LogP contribution in [0.25, 0.3) is 0 Å². The normalized spacial score (nSPS) is 37.6. The molecule has 2 bridgehead atoms. The highest BCUT2D eigenvalue weighted by molar-refractivity contribution is 6.44. The predicted octanol–water partition coefficient (Wildman–Crippen LogP) is 2.08. The summed E-state index contributed by atoms with van der Waals surface area (Å²) in [4.78, 5) is 0. The standard InChI is InChI=1S/C10H20O2Si/c1-11-13(12-2)8-10-5-3-9(7-10)4-6-10/h9,13H,3-8H2,1-2H3. The topological polar surface area (TPSA) is 18.5 Å². The van der Waals surface area contributed by atoms with Crippen molar-refractivity contribution in [1.29, 1.82) is 0 Å². The molecule has 2 fully saturated rings. The summed E-state index contributed by atoms with van der Waals surface area (Å²) < 4.78 is 10.8.